The van der Waals surface area contributed by atoms with Gasteiger partial charge >= 0.3 is 12.0 Å². The van der Waals surface area contributed by atoms with E-state index in [1.165, 1.54) is 7.11 Å². The maximum Gasteiger partial charge on any atom is 0.326 e. The summed E-state index contributed by atoms with van der Waals surface area (Å²) in [7, 11) is 1.54. The predicted octanol–water partition coefficient (Wildman–Crippen LogP) is 2.51. The Balaban J connectivity index is 1.67. The summed E-state index contributed by atoms with van der Waals surface area (Å²) in [5.74, 6) is -0.566. The quantitative estimate of drug-likeness (QED) is 0.613. The van der Waals surface area contributed by atoms with Gasteiger partial charge in [0.05, 0.1) is 7.11 Å². The number of imide groups is 1. The van der Waals surface area contributed by atoms with E-state index >= 15 is 0 Å². The van der Waals surface area contributed by atoms with Crippen LogP contribution in [0, 0.1) is 6.92 Å². The van der Waals surface area contributed by atoms with Crippen LogP contribution in [-0.4, -0.2) is 36.5 Å². The van der Waals surface area contributed by atoms with E-state index < -0.39 is 30.0 Å². The van der Waals surface area contributed by atoms with Crippen molar-refractivity contribution < 1.29 is 23.9 Å². The Hall–Kier alpha value is -3.35. The summed E-state index contributed by atoms with van der Waals surface area (Å²) >= 11 is 0. The van der Waals surface area contributed by atoms with Gasteiger partial charge in [-0.1, -0.05) is 42.0 Å². The van der Waals surface area contributed by atoms with Gasteiger partial charge in [-0.05, 0) is 31.5 Å². The highest BCUT2D eigenvalue weighted by molar-refractivity contribution is 6.08. The van der Waals surface area contributed by atoms with Gasteiger partial charge in [-0.15, -0.1) is 0 Å². The molecule has 1 heterocycles. The molecule has 0 saturated carbocycles. The highest BCUT2D eigenvalue weighted by atomic mass is 16.5. The molecule has 0 aliphatic carbocycles. The van der Waals surface area contributed by atoms with Crippen LogP contribution in [0.3, 0.4) is 0 Å². The van der Waals surface area contributed by atoms with Crippen molar-refractivity contribution in [2.24, 2.45) is 0 Å². The molecule has 2 aromatic carbocycles. The average molecular weight is 382 g/mol. The van der Waals surface area contributed by atoms with E-state index in [9.17, 15) is 14.4 Å². The lowest BCUT2D eigenvalue weighted by Crippen LogP contribution is -2.41. The van der Waals surface area contributed by atoms with Crippen LogP contribution in [0.4, 0.5) is 4.79 Å². The van der Waals surface area contributed by atoms with Gasteiger partial charge in [-0.25, -0.2) is 4.79 Å². The van der Waals surface area contributed by atoms with Crippen LogP contribution < -0.4 is 10.1 Å². The fourth-order valence-electron chi connectivity index (χ4n) is 3.16. The number of benzene rings is 2. The van der Waals surface area contributed by atoms with Gasteiger partial charge in [-0.2, -0.15) is 0 Å². The first-order chi connectivity index (χ1) is 13.3. The molecule has 0 radical (unpaired) electrons. The normalized spacial score (nSPS) is 18.8. The topological polar surface area (TPSA) is 84.9 Å². The van der Waals surface area contributed by atoms with E-state index in [-0.39, 0.29) is 6.61 Å². The number of hydrogen-bond donors (Lipinski definition) is 1. The Morgan fingerprint density at radius 2 is 1.86 bits per heavy atom. The lowest BCUT2D eigenvalue weighted by molar-refractivity contribution is -0.148. The van der Waals surface area contributed by atoms with E-state index in [1.54, 1.807) is 37.3 Å². The molecule has 1 aliphatic heterocycles. The smallest absolute Gasteiger partial charge is 0.326 e. The fourth-order valence-corrected chi connectivity index (χ4v) is 3.16. The van der Waals surface area contributed by atoms with Crippen LogP contribution in [0.2, 0.25) is 0 Å². The maximum atomic E-state index is 12.8. The summed E-state index contributed by atoms with van der Waals surface area (Å²) in [6.45, 7) is 3.07. The Bertz CT molecular complexity index is 912. The number of carbonyl (C=O) groups is 3. The van der Waals surface area contributed by atoms with Crippen LogP contribution in [0.25, 0.3) is 0 Å². The van der Waals surface area contributed by atoms with Crippen molar-refractivity contribution in [1.82, 2.24) is 10.2 Å². The molecule has 7 nitrogen and oxygen atoms in total. The second kappa shape index (κ2) is 7.72. The van der Waals surface area contributed by atoms with Crippen LogP contribution >= 0.6 is 0 Å². The first-order valence-corrected chi connectivity index (χ1v) is 8.84. The van der Waals surface area contributed by atoms with Crippen LogP contribution in [0.1, 0.15) is 23.6 Å². The molecule has 2 aromatic rings. The lowest BCUT2D eigenvalue weighted by atomic mass is 9.92. The number of nitrogens with one attached hydrogen (secondary N) is 1. The van der Waals surface area contributed by atoms with Gasteiger partial charge in [0.1, 0.15) is 24.4 Å². The van der Waals surface area contributed by atoms with Gasteiger partial charge < -0.3 is 14.8 Å². The molecule has 146 valence electrons. The first-order valence-electron chi connectivity index (χ1n) is 8.84. The molecule has 0 unspecified atom stereocenters. The first kappa shape index (κ1) is 19.4. The Kier molecular flexibility index (Phi) is 5.35. The monoisotopic (exact) mass is 382 g/mol. The molecule has 0 bridgehead atoms. The zero-order valence-corrected chi connectivity index (χ0v) is 16.0. The number of aryl methyl sites for hydroxylation is 1. The van der Waals surface area contributed by atoms with Crippen molar-refractivity contribution in [1.29, 1.82) is 0 Å². The highest BCUT2D eigenvalue weighted by Gasteiger charge is 2.49. The summed E-state index contributed by atoms with van der Waals surface area (Å²) in [5, 5.41) is 2.66. The van der Waals surface area contributed by atoms with Crippen molar-refractivity contribution in [2.75, 3.05) is 13.7 Å². The van der Waals surface area contributed by atoms with Crippen molar-refractivity contribution in [3.8, 4) is 5.75 Å². The number of amides is 3. The van der Waals surface area contributed by atoms with Gasteiger partial charge in [0.2, 0.25) is 0 Å². The molecule has 0 aromatic heterocycles. The summed E-state index contributed by atoms with van der Waals surface area (Å²) in [4.78, 5) is 38.2. The second-order valence-corrected chi connectivity index (χ2v) is 6.79. The van der Waals surface area contributed by atoms with Crippen LogP contribution in [-0.2, 0) is 26.5 Å². The van der Waals surface area contributed by atoms with Crippen molar-refractivity contribution in [3.05, 3.63) is 65.2 Å². The number of carbonyl (C=O) groups excluding carboxylic acids is 3. The predicted molar refractivity (Wildman–Crippen MR) is 102 cm³/mol. The third kappa shape index (κ3) is 3.69. The molecule has 28 heavy (non-hydrogen) atoms. The maximum absolute atomic E-state index is 12.8. The molecule has 1 atom stereocenters. The van der Waals surface area contributed by atoms with E-state index in [0.717, 1.165) is 10.5 Å². The summed E-state index contributed by atoms with van der Waals surface area (Å²) in [6, 6.07) is 13.8. The zero-order valence-electron chi connectivity index (χ0n) is 16.0. The molecule has 7 heteroatoms. The van der Waals surface area contributed by atoms with Crippen LogP contribution in [0.15, 0.2) is 48.5 Å². The van der Waals surface area contributed by atoms with Crippen molar-refractivity contribution in [3.63, 3.8) is 0 Å². The molecule has 1 N–H and O–H groups in total. The minimum atomic E-state index is -1.21. The molecular formula is C21H22N2O5. The zero-order chi connectivity index (χ0) is 20.3. The minimum Gasteiger partial charge on any atom is -0.496 e. The SMILES string of the molecule is COc1ccc(C)cc1COC(=O)CN1C(=O)N[C@@](C)(c2ccccc2)C1=O. The Morgan fingerprint density at radius 3 is 2.54 bits per heavy atom. The molecule has 1 saturated heterocycles. The third-order valence-electron chi connectivity index (χ3n) is 4.74. The standard InChI is InChI=1S/C21H22N2O5/c1-14-9-10-17(27-3)15(11-14)13-28-18(24)12-23-19(25)21(2,22-20(23)26)16-7-5-4-6-8-16/h4-11H,12-13H2,1-3H3,(H,22,26)/t21-/m0/s1. The number of esters is 1. The number of urea groups is 1. The Morgan fingerprint density at radius 1 is 1.14 bits per heavy atom. The average Bonchev–Trinajstić information content (AvgIpc) is 2.91. The van der Waals surface area contributed by atoms with Crippen molar-refractivity contribution >= 4 is 17.9 Å². The lowest BCUT2D eigenvalue weighted by Gasteiger charge is -2.22. The molecule has 1 aliphatic rings. The van der Waals surface area contributed by atoms with Gasteiger partial charge in [0, 0.05) is 5.56 Å². The van der Waals surface area contributed by atoms with E-state index in [0.29, 0.717) is 16.9 Å². The van der Waals surface area contributed by atoms with E-state index in [1.807, 2.05) is 25.1 Å². The van der Waals surface area contributed by atoms with Crippen LogP contribution in [0.5, 0.6) is 5.75 Å². The summed E-state index contributed by atoms with van der Waals surface area (Å²) in [6.07, 6.45) is 0. The molecule has 3 rings (SSSR count). The van der Waals surface area contributed by atoms with Gasteiger partial charge in [0.25, 0.3) is 5.91 Å². The summed E-state index contributed by atoms with van der Waals surface area (Å²) < 4.78 is 10.5. The molecule has 0 spiro atoms. The van der Waals surface area contributed by atoms with Gasteiger partial charge in [0.15, 0.2) is 0 Å². The highest BCUT2D eigenvalue weighted by Crippen LogP contribution is 2.28. The van der Waals surface area contributed by atoms with Gasteiger partial charge in [-0.3, -0.25) is 14.5 Å². The molecular weight excluding hydrogens is 360 g/mol. The third-order valence-corrected chi connectivity index (χ3v) is 4.74. The summed E-state index contributed by atoms with van der Waals surface area (Å²) in [5.41, 5.74) is 1.15. The number of methoxy groups -OCH3 is 1. The molecule has 1 fully saturated rings. The fraction of sp³-hybridized carbons (Fsp3) is 0.286. The van der Waals surface area contributed by atoms with E-state index in [4.69, 9.17) is 9.47 Å². The number of hydrogen-bond acceptors (Lipinski definition) is 5. The largest absolute Gasteiger partial charge is 0.496 e. The minimum absolute atomic E-state index is 0.0106. The Labute approximate surface area is 163 Å². The number of nitrogens with zero attached hydrogens (tertiary/aromatic N) is 1. The molecule has 3 amide bonds. The van der Waals surface area contributed by atoms with E-state index in [2.05, 4.69) is 5.32 Å². The second-order valence-electron chi connectivity index (χ2n) is 6.79. The van der Waals surface area contributed by atoms with Crippen molar-refractivity contribution in [2.45, 2.75) is 26.0 Å². The number of rotatable bonds is 6. The number of ether oxygens (including phenoxy) is 2.